The Morgan fingerprint density at radius 3 is 2.38 bits per heavy atom. The van der Waals surface area contributed by atoms with Crippen LogP contribution in [0.15, 0.2) is 41.2 Å². The zero-order valence-corrected chi connectivity index (χ0v) is 12.9. The molecule has 0 fully saturated rings. The quantitative estimate of drug-likeness (QED) is 0.918. The van der Waals surface area contributed by atoms with Crippen LogP contribution in [-0.2, 0) is 13.0 Å². The molecule has 0 spiro atoms. The minimum absolute atomic E-state index is 0.0824. The van der Waals surface area contributed by atoms with Gasteiger partial charge in [0.05, 0.1) is 11.7 Å². The molecule has 1 heterocycles. The molecule has 1 unspecified atom stereocenters. The molecule has 0 saturated heterocycles. The number of rotatable bonds is 5. The maximum Gasteiger partial charge on any atom is 0.266 e. The van der Waals surface area contributed by atoms with Gasteiger partial charge in [0.15, 0.2) is 0 Å². The third-order valence-corrected chi connectivity index (χ3v) is 3.49. The van der Waals surface area contributed by atoms with Crippen LogP contribution >= 0.6 is 0 Å². The largest absolute Gasteiger partial charge is 0.319 e. The fourth-order valence-electron chi connectivity index (χ4n) is 2.24. The van der Waals surface area contributed by atoms with Gasteiger partial charge < -0.3 is 5.73 Å². The predicted molar refractivity (Wildman–Crippen MR) is 85.2 cm³/mol. The van der Waals surface area contributed by atoms with Crippen LogP contribution in [0.5, 0.6) is 0 Å². The Morgan fingerprint density at radius 1 is 1.14 bits per heavy atom. The second kappa shape index (κ2) is 6.68. The molecule has 1 atom stereocenters. The number of hydrogen-bond acceptors (Lipinski definition) is 3. The van der Waals surface area contributed by atoms with Crippen molar-refractivity contribution >= 4 is 0 Å². The molecular formula is C17H23N3O. The molecule has 4 heteroatoms. The van der Waals surface area contributed by atoms with E-state index in [1.807, 2.05) is 12.1 Å². The highest BCUT2D eigenvalue weighted by atomic mass is 16.1. The second-order valence-electron chi connectivity index (χ2n) is 5.75. The molecule has 0 aliphatic carbocycles. The normalized spacial score (nSPS) is 12.6. The monoisotopic (exact) mass is 285 g/mol. The Labute approximate surface area is 125 Å². The topological polar surface area (TPSA) is 60.9 Å². The number of benzene rings is 1. The van der Waals surface area contributed by atoms with E-state index in [4.69, 9.17) is 5.73 Å². The van der Waals surface area contributed by atoms with E-state index >= 15 is 0 Å². The molecule has 112 valence electrons. The first-order valence-electron chi connectivity index (χ1n) is 7.43. The number of nitrogens with two attached hydrogens (primary N) is 1. The summed E-state index contributed by atoms with van der Waals surface area (Å²) in [6.45, 7) is 6.85. The van der Waals surface area contributed by atoms with E-state index in [0.717, 1.165) is 17.7 Å². The first-order chi connectivity index (χ1) is 10.0. The fourth-order valence-corrected chi connectivity index (χ4v) is 2.24. The lowest BCUT2D eigenvalue weighted by Crippen LogP contribution is -2.27. The lowest BCUT2D eigenvalue weighted by atomic mass is 10.0. The summed E-state index contributed by atoms with van der Waals surface area (Å²) < 4.78 is 1.50. The molecule has 2 N–H and O–H groups in total. The van der Waals surface area contributed by atoms with Crippen LogP contribution in [0.25, 0.3) is 0 Å². The molecule has 0 amide bonds. The zero-order chi connectivity index (χ0) is 15.4. The first-order valence-corrected chi connectivity index (χ1v) is 7.43. The third kappa shape index (κ3) is 3.79. The molecular weight excluding hydrogens is 262 g/mol. The van der Waals surface area contributed by atoms with Gasteiger partial charge in [-0.3, -0.25) is 4.79 Å². The Kier molecular flexibility index (Phi) is 4.91. The molecule has 0 aliphatic heterocycles. The summed E-state index contributed by atoms with van der Waals surface area (Å²) in [6, 6.07) is 11.2. The summed E-state index contributed by atoms with van der Waals surface area (Å²) in [5, 5.41) is 4.41. The molecule has 0 aliphatic rings. The average molecular weight is 285 g/mol. The maximum atomic E-state index is 11.8. The smallest absolute Gasteiger partial charge is 0.266 e. The van der Waals surface area contributed by atoms with Gasteiger partial charge in [0.2, 0.25) is 0 Å². The molecule has 0 saturated carbocycles. The van der Waals surface area contributed by atoms with Crippen molar-refractivity contribution in [3.05, 3.63) is 63.6 Å². The summed E-state index contributed by atoms with van der Waals surface area (Å²) in [5.74, 6) is 0.366. The van der Waals surface area contributed by atoms with Crippen LogP contribution in [0, 0.1) is 5.92 Å². The molecule has 4 nitrogen and oxygen atoms in total. The van der Waals surface area contributed by atoms with Crippen LogP contribution in [0.2, 0.25) is 0 Å². The van der Waals surface area contributed by atoms with Crippen molar-refractivity contribution in [2.45, 2.75) is 39.8 Å². The molecule has 2 aromatic rings. The highest BCUT2D eigenvalue weighted by Gasteiger charge is 2.12. The molecule has 1 aromatic heterocycles. The van der Waals surface area contributed by atoms with Crippen LogP contribution in [-0.4, -0.2) is 9.78 Å². The summed E-state index contributed by atoms with van der Waals surface area (Å²) in [7, 11) is 0. The van der Waals surface area contributed by atoms with E-state index in [0.29, 0.717) is 12.5 Å². The SMILES string of the molecule is CCc1ccc(C(N)c2ccc(=O)n(CC(C)C)n2)cc1. The van der Waals surface area contributed by atoms with Gasteiger partial charge in [0.1, 0.15) is 0 Å². The average Bonchev–Trinajstić information content (AvgIpc) is 2.48. The number of aryl methyl sites for hydroxylation is 1. The summed E-state index contributed by atoms with van der Waals surface area (Å²) in [4.78, 5) is 11.8. The zero-order valence-electron chi connectivity index (χ0n) is 12.9. The van der Waals surface area contributed by atoms with E-state index < -0.39 is 0 Å². The molecule has 1 aromatic carbocycles. The molecule has 0 radical (unpaired) electrons. The van der Waals surface area contributed by atoms with Gasteiger partial charge in [-0.15, -0.1) is 0 Å². The van der Waals surface area contributed by atoms with E-state index in [1.54, 1.807) is 12.1 Å². The summed E-state index contributed by atoms with van der Waals surface area (Å²) in [5.41, 5.74) is 9.21. The predicted octanol–water partition coefficient (Wildman–Crippen LogP) is 2.51. The van der Waals surface area contributed by atoms with Gasteiger partial charge in [-0.2, -0.15) is 5.10 Å². The Hall–Kier alpha value is -1.94. The van der Waals surface area contributed by atoms with Crippen LogP contribution in [0.4, 0.5) is 0 Å². The number of aromatic nitrogens is 2. The van der Waals surface area contributed by atoms with Gasteiger partial charge in [0, 0.05) is 12.6 Å². The highest BCUT2D eigenvalue weighted by molar-refractivity contribution is 5.29. The third-order valence-electron chi connectivity index (χ3n) is 3.49. The van der Waals surface area contributed by atoms with Gasteiger partial charge in [0.25, 0.3) is 5.56 Å². The molecule has 0 bridgehead atoms. The minimum Gasteiger partial charge on any atom is -0.319 e. The van der Waals surface area contributed by atoms with Crippen molar-refractivity contribution in [3.63, 3.8) is 0 Å². The second-order valence-corrected chi connectivity index (χ2v) is 5.75. The summed E-state index contributed by atoms with van der Waals surface area (Å²) in [6.07, 6.45) is 1.01. The van der Waals surface area contributed by atoms with Gasteiger partial charge in [-0.25, -0.2) is 4.68 Å². The highest BCUT2D eigenvalue weighted by Crippen LogP contribution is 2.17. The van der Waals surface area contributed by atoms with Crippen molar-refractivity contribution < 1.29 is 0 Å². The van der Waals surface area contributed by atoms with Crippen LogP contribution < -0.4 is 11.3 Å². The van der Waals surface area contributed by atoms with Crippen molar-refractivity contribution in [1.82, 2.24) is 9.78 Å². The van der Waals surface area contributed by atoms with Crippen molar-refractivity contribution in [1.29, 1.82) is 0 Å². The fraction of sp³-hybridized carbons (Fsp3) is 0.412. The van der Waals surface area contributed by atoms with Gasteiger partial charge in [-0.05, 0) is 29.5 Å². The Balaban J connectivity index is 2.29. The maximum absolute atomic E-state index is 11.8. The Bertz CT molecular complexity index is 644. The first kappa shape index (κ1) is 15.4. The van der Waals surface area contributed by atoms with Crippen LogP contribution in [0.1, 0.15) is 43.6 Å². The Morgan fingerprint density at radius 2 is 1.81 bits per heavy atom. The van der Waals surface area contributed by atoms with E-state index in [-0.39, 0.29) is 11.6 Å². The van der Waals surface area contributed by atoms with E-state index in [2.05, 4.69) is 38.0 Å². The summed E-state index contributed by atoms with van der Waals surface area (Å²) >= 11 is 0. The van der Waals surface area contributed by atoms with Crippen LogP contribution in [0.3, 0.4) is 0 Å². The van der Waals surface area contributed by atoms with Crippen molar-refractivity contribution in [3.8, 4) is 0 Å². The number of nitrogens with zero attached hydrogens (tertiary/aromatic N) is 2. The van der Waals surface area contributed by atoms with E-state index in [9.17, 15) is 4.79 Å². The lowest BCUT2D eigenvalue weighted by Gasteiger charge is -2.14. The van der Waals surface area contributed by atoms with E-state index in [1.165, 1.54) is 10.2 Å². The van der Waals surface area contributed by atoms with Gasteiger partial charge in [-0.1, -0.05) is 45.0 Å². The molecule has 2 rings (SSSR count). The standard InChI is InChI=1S/C17H23N3O/c1-4-13-5-7-14(8-6-13)17(18)15-9-10-16(21)20(19-15)11-12(2)3/h5-10,12,17H,4,11,18H2,1-3H3. The lowest BCUT2D eigenvalue weighted by molar-refractivity contribution is 0.455. The van der Waals surface area contributed by atoms with Crippen molar-refractivity contribution in [2.24, 2.45) is 11.7 Å². The molecule has 21 heavy (non-hydrogen) atoms. The van der Waals surface area contributed by atoms with Crippen molar-refractivity contribution in [2.75, 3.05) is 0 Å². The van der Waals surface area contributed by atoms with Gasteiger partial charge >= 0.3 is 0 Å². The number of hydrogen-bond donors (Lipinski definition) is 1. The minimum atomic E-state index is -0.310.